The largest absolute Gasteiger partial charge is 0.469 e. The molecule has 88 valence electrons. The molecule has 0 N–H and O–H groups in total. The molecular weight excluding hydrogens is 307 g/mol. The summed E-state index contributed by atoms with van der Waals surface area (Å²) in [6, 6.07) is 1.09. The lowest BCUT2D eigenvalue weighted by Crippen LogP contribution is -2.06. The SMILES string of the molecule is COC(=O)Cc1cc(C(F)F)nc(Br)c1Cl. The first-order valence-electron chi connectivity index (χ1n) is 4.15. The normalized spacial score (nSPS) is 10.6. The van der Waals surface area contributed by atoms with Crippen LogP contribution in [0, 0.1) is 0 Å². The minimum atomic E-state index is -2.72. The molecule has 7 heteroatoms. The third kappa shape index (κ3) is 3.12. The third-order valence-corrected chi connectivity index (χ3v) is 3.02. The number of esters is 1. The van der Waals surface area contributed by atoms with Crippen LogP contribution < -0.4 is 0 Å². The van der Waals surface area contributed by atoms with E-state index in [1.54, 1.807) is 0 Å². The van der Waals surface area contributed by atoms with Crippen LogP contribution in [0.15, 0.2) is 10.7 Å². The smallest absolute Gasteiger partial charge is 0.310 e. The van der Waals surface area contributed by atoms with E-state index in [1.165, 1.54) is 7.11 Å². The highest BCUT2D eigenvalue weighted by atomic mass is 79.9. The van der Waals surface area contributed by atoms with Crippen LogP contribution >= 0.6 is 27.5 Å². The number of rotatable bonds is 3. The summed E-state index contributed by atoms with van der Waals surface area (Å²) in [7, 11) is 1.21. The fourth-order valence-electron chi connectivity index (χ4n) is 1.04. The van der Waals surface area contributed by atoms with Gasteiger partial charge in [-0.25, -0.2) is 13.8 Å². The second kappa shape index (κ2) is 5.54. The number of carbonyl (C=O) groups excluding carboxylic acids is 1. The maximum Gasteiger partial charge on any atom is 0.310 e. The molecular formula is C9H7BrClF2NO2. The maximum atomic E-state index is 12.4. The first-order chi connectivity index (χ1) is 7.45. The first-order valence-corrected chi connectivity index (χ1v) is 5.32. The molecule has 0 saturated heterocycles. The van der Waals surface area contributed by atoms with E-state index < -0.39 is 18.1 Å². The number of alkyl halides is 2. The number of halogens is 4. The van der Waals surface area contributed by atoms with Crippen LogP contribution in [0.3, 0.4) is 0 Å². The Labute approximate surface area is 104 Å². The van der Waals surface area contributed by atoms with Gasteiger partial charge in [0.2, 0.25) is 0 Å². The van der Waals surface area contributed by atoms with E-state index in [9.17, 15) is 13.6 Å². The zero-order valence-corrected chi connectivity index (χ0v) is 10.5. The van der Waals surface area contributed by atoms with E-state index in [2.05, 4.69) is 25.7 Å². The maximum absolute atomic E-state index is 12.4. The highest BCUT2D eigenvalue weighted by molar-refractivity contribution is 9.10. The lowest BCUT2D eigenvalue weighted by molar-refractivity contribution is -0.139. The minimum absolute atomic E-state index is 0.0888. The van der Waals surface area contributed by atoms with Gasteiger partial charge in [0.1, 0.15) is 10.3 Å². The summed E-state index contributed by atoms with van der Waals surface area (Å²) in [5.74, 6) is -0.555. The first kappa shape index (κ1) is 13.3. The molecule has 0 aliphatic rings. The Morgan fingerprint density at radius 1 is 1.69 bits per heavy atom. The molecule has 1 aromatic rings. The molecule has 0 unspecified atom stereocenters. The van der Waals surface area contributed by atoms with Gasteiger partial charge in [-0.3, -0.25) is 4.79 Å². The minimum Gasteiger partial charge on any atom is -0.469 e. The van der Waals surface area contributed by atoms with Crippen molar-refractivity contribution in [2.75, 3.05) is 7.11 Å². The van der Waals surface area contributed by atoms with Gasteiger partial charge in [0, 0.05) is 0 Å². The molecule has 0 atom stereocenters. The predicted molar refractivity (Wildman–Crippen MR) is 57.6 cm³/mol. The summed E-state index contributed by atoms with van der Waals surface area (Å²) in [6.07, 6.45) is -2.89. The van der Waals surface area contributed by atoms with Crippen LogP contribution in [0.1, 0.15) is 17.7 Å². The van der Waals surface area contributed by atoms with Gasteiger partial charge in [0.05, 0.1) is 18.6 Å². The Bertz CT molecular complexity index is 415. The Morgan fingerprint density at radius 2 is 2.31 bits per heavy atom. The summed E-state index contributed by atoms with van der Waals surface area (Å²) < 4.78 is 29.4. The van der Waals surface area contributed by atoms with Crippen LogP contribution in [0.25, 0.3) is 0 Å². The summed E-state index contributed by atoms with van der Waals surface area (Å²) in [5.41, 5.74) is -0.180. The molecule has 0 bridgehead atoms. The highest BCUT2D eigenvalue weighted by Crippen LogP contribution is 2.29. The van der Waals surface area contributed by atoms with Crippen molar-refractivity contribution in [2.24, 2.45) is 0 Å². The Hall–Kier alpha value is -0.750. The molecule has 0 fully saturated rings. The molecule has 0 amide bonds. The van der Waals surface area contributed by atoms with E-state index in [-0.39, 0.29) is 21.6 Å². The van der Waals surface area contributed by atoms with Crippen LogP contribution in [0.5, 0.6) is 0 Å². The number of methoxy groups -OCH3 is 1. The second-order valence-corrected chi connectivity index (χ2v) is 3.99. The Balaban J connectivity index is 3.11. The molecule has 3 nitrogen and oxygen atoms in total. The van der Waals surface area contributed by atoms with Gasteiger partial charge in [0.25, 0.3) is 6.43 Å². The highest BCUT2D eigenvalue weighted by Gasteiger charge is 2.17. The van der Waals surface area contributed by atoms with E-state index in [1.807, 2.05) is 0 Å². The van der Waals surface area contributed by atoms with E-state index in [0.29, 0.717) is 0 Å². The number of pyridine rings is 1. The zero-order valence-electron chi connectivity index (χ0n) is 8.14. The van der Waals surface area contributed by atoms with Gasteiger partial charge < -0.3 is 4.74 Å². The summed E-state index contributed by atoms with van der Waals surface area (Å²) >= 11 is 8.76. The Kier molecular flexibility index (Phi) is 4.61. The van der Waals surface area contributed by atoms with E-state index in [4.69, 9.17) is 11.6 Å². The molecule has 0 radical (unpaired) electrons. The second-order valence-electron chi connectivity index (χ2n) is 2.86. The van der Waals surface area contributed by atoms with Crippen molar-refractivity contribution in [2.45, 2.75) is 12.8 Å². The van der Waals surface area contributed by atoms with Crippen molar-refractivity contribution in [3.63, 3.8) is 0 Å². The topological polar surface area (TPSA) is 39.2 Å². The van der Waals surface area contributed by atoms with Crippen molar-refractivity contribution in [1.29, 1.82) is 0 Å². The zero-order chi connectivity index (χ0) is 12.3. The number of hydrogen-bond acceptors (Lipinski definition) is 3. The quantitative estimate of drug-likeness (QED) is 0.635. The monoisotopic (exact) mass is 313 g/mol. The lowest BCUT2D eigenvalue weighted by Gasteiger charge is -2.07. The molecule has 16 heavy (non-hydrogen) atoms. The lowest BCUT2D eigenvalue weighted by atomic mass is 10.1. The fraction of sp³-hybridized carbons (Fsp3) is 0.333. The van der Waals surface area contributed by atoms with Crippen LogP contribution in [-0.2, 0) is 16.0 Å². The standard InChI is InChI=1S/C9H7BrClF2NO2/c1-16-6(15)3-4-2-5(9(12)13)14-8(10)7(4)11/h2,9H,3H2,1H3. The van der Waals surface area contributed by atoms with Gasteiger partial charge in [-0.1, -0.05) is 11.6 Å². The molecule has 0 aliphatic heterocycles. The summed E-state index contributed by atoms with van der Waals surface area (Å²) in [6.45, 7) is 0. The van der Waals surface area contributed by atoms with Gasteiger partial charge in [0.15, 0.2) is 0 Å². The van der Waals surface area contributed by atoms with Gasteiger partial charge in [-0.2, -0.15) is 0 Å². The third-order valence-electron chi connectivity index (χ3n) is 1.80. The average molecular weight is 315 g/mol. The van der Waals surface area contributed by atoms with E-state index in [0.717, 1.165) is 6.07 Å². The van der Waals surface area contributed by atoms with Gasteiger partial charge in [-0.05, 0) is 27.6 Å². The number of aromatic nitrogens is 1. The van der Waals surface area contributed by atoms with Crippen molar-refractivity contribution in [3.8, 4) is 0 Å². The average Bonchev–Trinajstić information content (AvgIpc) is 2.23. The number of carbonyl (C=O) groups is 1. The molecule has 1 aromatic heterocycles. The number of hydrogen-bond donors (Lipinski definition) is 0. The van der Waals surface area contributed by atoms with Crippen molar-refractivity contribution < 1.29 is 18.3 Å². The fourth-order valence-corrected chi connectivity index (χ4v) is 1.66. The molecule has 1 rings (SSSR count). The molecule has 0 aliphatic carbocycles. The molecule has 0 saturated carbocycles. The Morgan fingerprint density at radius 3 is 2.81 bits per heavy atom. The number of ether oxygens (including phenoxy) is 1. The molecule has 0 aromatic carbocycles. The van der Waals surface area contributed by atoms with Crippen molar-refractivity contribution >= 4 is 33.5 Å². The van der Waals surface area contributed by atoms with Crippen LogP contribution in [-0.4, -0.2) is 18.1 Å². The summed E-state index contributed by atoms with van der Waals surface area (Å²) in [5, 5.41) is 0.134. The summed E-state index contributed by atoms with van der Waals surface area (Å²) in [4.78, 5) is 14.6. The van der Waals surface area contributed by atoms with Crippen molar-refractivity contribution in [1.82, 2.24) is 4.98 Å². The predicted octanol–water partition coefficient (Wildman–Crippen LogP) is 3.15. The van der Waals surface area contributed by atoms with E-state index >= 15 is 0 Å². The van der Waals surface area contributed by atoms with Crippen LogP contribution in [0.4, 0.5) is 8.78 Å². The number of nitrogens with zero attached hydrogens (tertiary/aromatic N) is 1. The van der Waals surface area contributed by atoms with Gasteiger partial charge >= 0.3 is 5.97 Å². The molecule has 0 spiro atoms. The van der Waals surface area contributed by atoms with Crippen LogP contribution in [0.2, 0.25) is 5.02 Å². The molecule has 1 heterocycles. The van der Waals surface area contributed by atoms with Crippen molar-refractivity contribution in [3.05, 3.63) is 26.9 Å². The van der Waals surface area contributed by atoms with Gasteiger partial charge in [-0.15, -0.1) is 0 Å².